The smallest absolute Gasteiger partial charge is 0.0383 e. The highest BCUT2D eigenvalue weighted by Crippen LogP contribution is 2.23. The summed E-state index contributed by atoms with van der Waals surface area (Å²) in [7, 11) is 0. The van der Waals surface area contributed by atoms with Gasteiger partial charge in [0.15, 0.2) is 0 Å². The van der Waals surface area contributed by atoms with Crippen molar-refractivity contribution in [2.45, 2.75) is 0 Å². The van der Waals surface area contributed by atoms with Gasteiger partial charge in [-0.05, 0) is 28.2 Å². The normalized spacial score (nSPS) is 10.1. The highest BCUT2D eigenvalue weighted by molar-refractivity contribution is 14.1. The number of halogens is 1. The van der Waals surface area contributed by atoms with Crippen LogP contribution in [-0.2, 0) is 0 Å². The molecule has 1 nitrogen and oxygen atoms in total. The molecule has 1 aromatic carbocycles. The van der Waals surface area contributed by atoms with Crippen molar-refractivity contribution < 1.29 is 0 Å². The summed E-state index contributed by atoms with van der Waals surface area (Å²) in [4.78, 5) is 3.09. The van der Waals surface area contributed by atoms with Gasteiger partial charge in [0.05, 0.1) is 0 Å². The maximum Gasteiger partial charge on any atom is 0.0383 e. The van der Waals surface area contributed by atoms with E-state index in [1.54, 1.807) is 0 Å². The highest BCUT2D eigenvalue weighted by atomic mass is 127. The van der Waals surface area contributed by atoms with Gasteiger partial charge in [-0.3, -0.25) is 0 Å². The summed E-state index contributed by atoms with van der Waals surface area (Å²) in [6.07, 6.45) is 4.03. The molecule has 0 aliphatic rings. The first-order valence-corrected chi connectivity index (χ1v) is 4.83. The zero-order chi connectivity index (χ0) is 8.39. The van der Waals surface area contributed by atoms with Crippen LogP contribution in [0.1, 0.15) is 0 Å². The lowest BCUT2D eigenvalue weighted by molar-refractivity contribution is 1.41. The second kappa shape index (κ2) is 3.31. The first-order chi connectivity index (χ1) is 5.88. The summed E-state index contributed by atoms with van der Waals surface area (Å²) in [5, 5.41) is 0. The fourth-order valence-corrected chi connectivity index (χ4v) is 1.83. The first-order valence-electron chi connectivity index (χ1n) is 3.75. The maximum absolute atomic E-state index is 3.09. The molecule has 0 unspecified atom stereocenters. The number of rotatable bonds is 1. The van der Waals surface area contributed by atoms with E-state index in [9.17, 15) is 0 Å². The van der Waals surface area contributed by atoms with E-state index in [0.717, 1.165) is 0 Å². The molecule has 0 spiro atoms. The number of H-pyrrole nitrogens is 1. The van der Waals surface area contributed by atoms with E-state index in [-0.39, 0.29) is 0 Å². The third-order valence-corrected chi connectivity index (χ3v) is 2.67. The third-order valence-electron chi connectivity index (χ3n) is 1.78. The minimum Gasteiger partial charge on any atom is -0.366 e. The molecular formula is C10H8IN. The van der Waals surface area contributed by atoms with Crippen LogP contribution in [0.4, 0.5) is 0 Å². The van der Waals surface area contributed by atoms with Crippen LogP contribution in [0.15, 0.2) is 42.7 Å². The lowest BCUT2D eigenvalue weighted by Gasteiger charge is -1.96. The van der Waals surface area contributed by atoms with Crippen molar-refractivity contribution in [3.63, 3.8) is 0 Å². The summed E-state index contributed by atoms with van der Waals surface area (Å²) >= 11 is 2.33. The van der Waals surface area contributed by atoms with Gasteiger partial charge in [0.2, 0.25) is 0 Å². The topological polar surface area (TPSA) is 15.8 Å². The second-order valence-corrected chi connectivity index (χ2v) is 3.75. The number of benzene rings is 1. The van der Waals surface area contributed by atoms with Crippen molar-refractivity contribution >= 4 is 22.6 Å². The number of aromatic amines is 1. The van der Waals surface area contributed by atoms with Crippen LogP contribution in [0.25, 0.3) is 11.1 Å². The van der Waals surface area contributed by atoms with E-state index >= 15 is 0 Å². The van der Waals surface area contributed by atoms with Crippen LogP contribution < -0.4 is 0 Å². The Morgan fingerprint density at radius 3 is 2.33 bits per heavy atom. The third kappa shape index (κ3) is 1.39. The Morgan fingerprint density at radius 1 is 1.00 bits per heavy atom. The van der Waals surface area contributed by atoms with Crippen molar-refractivity contribution in [3.8, 4) is 11.1 Å². The van der Waals surface area contributed by atoms with E-state index < -0.39 is 0 Å². The first kappa shape index (κ1) is 7.86. The van der Waals surface area contributed by atoms with Crippen LogP contribution in [0.5, 0.6) is 0 Å². The predicted molar refractivity (Wildman–Crippen MR) is 58.9 cm³/mol. The van der Waals surface area contributed by atoms with Gasteiger partial charge in [-0.15, -0.1) is 0 Å². The van der Waals surface area contributed by atoms with Gasteiger partial charge in [0.25, 0.3) is 0 Å². The van der Waals surface area contributed by atoms with Crippen molar-refractivity contribution in [1.82, 2.24) is 4.98 Å². The Bertz CT molecular complexity index is 364. The summed E-state index contributed by atoms with van der Waals surface area (Å²) in [6, 6.07) is 10.4. The molecule has 2 rings (SSSR count). The number of hydrogen-bond acceptors (Lipinski definition) is 0. The average molecular weight is 269 g/mol. The van der Waals surface area contributed by atoms with Crippen molar-refractivity contribution in [3.05, 3.63) is 46.3 Å². The van der Waals surface area contributed by atoms with Crippen LogP contribution >= 0.6 is 22.6 Å². The molecular weight excluding hydrogens is 261 g/mol. The highest BCUT2D eigenvalue weighted by Gasteiger charge is 2.00. The molecule has 0 bridgehead atoms. The Labute approximate surface area is 85.0 Å². The van der Waals surface area contributed by atoms with Gasteiger partial charge in [0.1, 0.15) is 0 Å². The Morgan fingerprint density at radius 2 is 1.75 bits per heavy atom. The largest absolute Gasteiger partial charge is 0.366 e. The molecule has 0 fully saturated rings. The zero-order valence-corrected chi connectivity index (χ0v) is 8.58. The van der Waals surface area contributed by atoms with E-state index in [2.05, 4.69) is 51.8 Å². The van der Waals surface area contributed by atoms with Crippen molar-refractivity contribution in [2.75, 3.05) is 0 Å². The van der Waals surface area contributed by atoms with Gasteiger partial charge in [0, 0.05) is 21.5 Å². The van der Waals surface area contributed by atoms with Crippen LogP contribution in [0.3, 0.4) is 0 Å². The molecule has 12 heavy (non-hydrogen) atoms. The molecule has 0 atom stereocenters. The van der Waals surface area contributed by atoms with Crippen molar-refractivity contribution in [2.24, 2.45) is 0 Å². The molecule has 1 heterocycles. The number of aromatic nitrogens is 1. The summed E-state index contributed by atoms with van der Waals surface area (Å²) in [5.74, 6) is 0. The SMILES string of the molecule is Ic1c[nH]cc1-c1ccccc1. The Kier molecular flexibility index (Phi) is 2.17. The molecule has 2 heteroatoms. The summed E-state index contributed by atoms with van der Waals surface area (Å²) in [6.45, 7) is 0. The minimum atomic E-state index is 1.26. The fraction of sp³-hybridized carbons (Fsp3) is 0. The molecule has 2 aromatic rings. The molecule has 0 radical (unpaired) electrons. The number of nitrogens with one attached hydrogen (secondary N) is 1. The van der Waals surface area contributed by atoms with Gasteiger partial charge in [-0.2, -0.15) is 0 Å². The van der Waals surface area contributed by atoms with Gasteiger partial charge in [-0.1, -0.05) is 30.3 Å². The quantitative estimate of drug-likeness (QED) is 0.764. The molecule has 1 N–H and O–H groups in total. The predicted octanol–water partition coefficient (Wildman–Crippen LogP) is 3.29. The van der Waals surface area contributed by atoms with Gasteiger partial charge < -0.3 is 4.98 Å². The van der Waals surface area contributed by atoms with Crippen LogP contribution in [0, 0.1) is 3.57 Å². The van der Waals surface area contributed by atoms with E-state index in [1.807, 2.05) is 18.5 Å². The summed E-state index contributed by atoms with van der Waals surface area (Å²) in [5.41, 5.74) is 2.54. The van der Waals surface area contributed by atoms with E-state index in [4.69, 9.17) is 0 Å². The van der Waals surface area contributed by atoms with Crippen LogP contribution in [0.2, 0.25) is 0 Å². The van der Waals surface area contributed by atoms with Gasteiger partial charge >= 0.3 is 0 Å². The molecule has 1 aromatic heterocycles. The average Bonchev–Trinajstić information content (AvgIpc) is 2.53. The minimum absolute atomic E-state index is 1.26. The van der Waals surface area contributed by atoms with E-state index in [0.29, 0.717) is 0 Å². The molecule has 0 saturated heterocycles. The Balaban J connectivity index is 2.51. The molecule has 60 valence electrons. The van der Waals surface area contributed by atoms with Crippen molar-refractivity contribution in [1.29, 1.82) is 0 Å². The lowest BCUT2D eigenvalue weighted by atomic mass is 10.1. The standard InChI is InChI=1S/C10H8IN/c11-10-7-12-6-9(10)8-4-2-1-3-5-8/h1-7,12H. The fourth-order valence-electron chi connectivity index (χ4n) is 1.18. The Hall–Kier alpha value is -0.770. The molecule has 0 aliphatic heterocycles. The van der Waals surface area contributed by atoms with Gasteiger partial charge in [-0.25, -0.2) is 0 Å². The lowest BCUT2D eigenvalue weighted by Crippen LogP contribution is -1.74. The molecule has 0 aliphatic carbocycles. The monoisotopic (exact) mass is 269 g/mol. The maximum atomic E-state index is 3.09. The number of hydrogen-bond donors (Lipinski definition) is 1. The molecule has 0 saturated carbocycles. The van der Waals surface area contributed by atoms with E-state index in [1.165, 1.54) is 14.7 Å². The molecule has 0 amide bonds. The summed E-state index contributed by atoms with van der Waals surface area (Å²) < 4.78 is 1.26. The van der Waals surface area contributed by atoms with Crippen LogP contribution in [-0.4, -0.2) is 4.98 Å². The zero-order valence-electron chi connectivity index (χ0n) is 6.42. The second-order valence-electron chi connectivity index (χ2n) is 2.58.